The van der Waals surface area contributed by atoms with Gasteiger partial charge in [-0.05, 0) is 74.1 Å². The van der Waals surface area contributed by atoms with Gasteiger partial charge in [-0.25, -0.2) is 0 Å². The monoisotopic (exact) mass is 394 g/mol. The van der Waals surface area contributed by atoms with Gasteiger partial charge in [0.2, 0.25) is 0 Å². The quantitative estimate of drug-likeness (QED) is 0.310. The highest BCUT2D eigenvalue weighted by Gasteiger charge is 2.15. The summed E-state index contributed by atoms with van der Waals surface area (Å²) in [4.78, 5) is 0. The average Bonchev–Trinajstić information content (AvgIpc) is 2.69. The van der Waals surface area contributed by atoms with Crippen LogP contribution in [0.2, 0.25) is 0 Å². The van der Waals surface area contributed by atoms with E-state index in [9.17, 15) is 0 Å². The van der Waals surface area contributed by atoms with E-state index in [2.05, 4.69) is 81.7 Å². The summed E-state index contributed by atoms with van der Waals surface area (Å²) in [5, 5.41) is 0. The molecule has 0 N–H and O–H groups in total. The molecule has 0 aliphatic rings. The van der Waals surface area contributed by atoms with Crippen molar-refractivity contribution in [2.75, 3.05) is 0 Å². The van der Waals surface area contributed by atoms with Crippen molar-refractivity contribution in [1.82, 2.24) is 0 Å². The van der Waals surface area contributed by atoms with E-state index in [4.69, 9.17) is 0 Å². The zero-order valence-electron chi connectivity index (χ0n) is 22.4. The molecule has 0 unspecified atom stereocenters. The van der Waals surface area contributed by atoms with Crippen LogP contribution in [0.5, 0.6) is 0 Å². The molecule has 0 saturated carbocycles. The minimum atomic E-state index is 0.731. The molecule has 0 rings (SSSR count). The van der Waals surface area contributed by atoms with Gasteiger partial charge in [0.25, 0.3) is 0 Å². The predicted molar refractivity (Wildman–Crippen MR) is 139 cm³/mol. The molecule has 0 aliphatic heterocycles. The second-order valence-corrected chi connectivity index (χ2v) is 7.41. The average molecular weight is 395 g/mol. The molecule has 0 heterocycles. The number of allylic oxidation sites excluding steroid dienone is 6. The highest BCUT2D eigenvalue weighted by atomic mass is 14.1. The molecule has 0 aromatic rings. The molecule has 168 valence electrons. The van der Waals surface area contributed by atoms with Crippen molar-refractivity contribution in [1.29, 1.82) is 0 Å². The third-order valence-electron chi connectivity index (χ3n) is 4.14. The Bertz CT molecular complexity index is 282. The van der Waals surface area contributed by atoms with E-state index >= 15 is 0 Å². The van der Waals surface area contributed by atoms with Gasteiger partial charge in [0.05, 0.1) is 44.9 Å². The van der Waals surface area contributed by atoms with Crippen LogP contribution in [0.1, 0.15) is 123 Å². The number of hydrogen-bond acceptors (Lipinski definition) is 0. The standard InChI is InChI=1S/C8H17.C8H16.C4H9.2C4H8/c2*1-5-6-8(4)7(2)3;3*1-3-4-2/h7H,5-6H2,1-4H3;6-7H,5H2,1-4H3;3H,4H2,1-2H3;2*3-4H,1-2H3/q+1;;+1;;/b;8-6+;;2*4-3+. The van der Waals surface area contributed by atoms with Crippen LogP contribution in [0.4, 0.5) is 0 Å². The Morgan fingerprint density at radius 3 is 1.29 bits per heavy atom. The summed E-state index contributed by atoms with van der Waals surface area (Å²) in [6, 6.07) is 0. The van der Waals surface area contributed by atoms with Gasteiger partial charge < -0.3 is 0 Å². The fraction of sp³-hybridized carbons (Fsp3) is 0.714. The molecule has 0 aliphatic carbocycles. The van der Waals surface area contributed by atoms with Crippen molar-refractivity contribution in [2.45, 2.75) is 123 Å². The van der Waals surface area contributed by atoms with Crippen LogP contribution in [0.25, 0.3) is 0 Å². The van der Waals surface area contributed by atoms with Gasteiger partial charge >= 0.3 is 0 Å². The lowest BCUT2D eigenvalue weighted by Crippen LogP contribution is -1.99. The Kier molecular flexibility index (Phi) is 49.5. The number of unbranched alkanes of at least 4 members (excludes halogenated alkanes) is 1. The van der Waals surface area contributed by atoms with Crippen LogP contribution in [0, 0.1) is 24.2 Å². The molecule has 0 aromatic heterocycles. The summed E-state index contributed by atoms with van der Waals surface area (Å²) >= 11 is 0. The summed E-state index contributed by atoms with van der Waals surface area (Å²) in [7, 11) is 0. The van der Waals surface area contributed by atoms with Crippen LogP contribution in [-0.2, 0) is 0 Å². The topological polar surface area (TPSA) is 0 Å². The summed E-state index contributed by atoms with van der Waals surface area (Å²) in [6.45, 7) is 30.0. The van der Waals surface area contributed by atoms with Crippen molar-refractivity contribution in [2.24, 2.45) is 11.8 Å². The number of rotatable bonds is 6. The van der Waals surface area contributed by atoms with Gasteiger partial charge in [0, 0.05) is 0 Å². The first kappa shape index (κ1) is 37.7. The highest BCUT2D eigenvalue weighted by Crippen LogP contribution is 2.17. The van der Waals surface area contributed by atoms with Gasteiger partial charge in [0.15, 0.2) is 0 Å². The first-order valence-electron chi connectivity index (χ1n) is 11.5. The molecule has 0 saturated heterocycles. The van der Waals surface area contributed by atoms with Gasteiger partial charge in [0.1, 0.15) is 0 Å². The summed E-state index contributed by atoms with van der Waals surface area (Å²) in [5.74, 6) is 3.15. The van der Waals surface area contributed by atoms with Crippen molar-refractivity contribution in [3.8, 4) is 0 Å². The van der Waals surface area contributed by atoms with Crippen molar-refractivity contribution < 1.29 is 0 Å². The maximum Gasteiger partial charge on any atom is 0.0943 e. The van der Waals surface area contributed by atoms with Crippen molar-refractivity contribution in [3.05, 3.63) is 48.3 Å². The van der Waals surface area contributed by atoms with E-state index in [-0.39, 0.29) is 0 Å². The normalized spacial score (nSPS) is 10.2. The lowest BCUT2D eigenvalue weighted by Gasteiger charge is -2.01. The van der Waals surface area contributed by atoms with Crippen LogP contribution in [0.15, 0.2) is 36.0 Å². The van der Waals surface area contributed by atoms with Crippen LogP contribution in [-0.4, -0.2) is 0 Å². The minimum absolute atomic E-state index is 0.731. The summed E-state index contributed by atoms with van der Waals surface area (Å²) in [5.41, 5.74) is 1.51. The van der Waals surface area contributed by atoms with E-state index in [1.54, 1.807) is 5.92 Å². The SMILES string of the molecule is C/C=C/C.C/C=C/C.CC/C=C(\C)C(C)C.CCC[C+](C)C(C)C.C[CH+]CC. The van der Waals surface area contributed by atoms with Gasteiger partial charge in [-0.3, -0.25) is 0 Å². The van der Waals surface area contributed by atoms with Crippen molar-refractivity contribution >= 4 is 0 Å². The summed E-state index contributed by atoms with van der Waals surface area (Å²) < 4.78 is 0. The van der Waals surface area contributed by atoms with E-state index in [1.165, 1.54) is 31.3 Å². The third kappa shape index (κ3) is 56.3. The maximum atomic E-state index is 2.28. The predicted octanol–water partition coefficient (Wildman–Crippen LogP) is 10.8. The second kappa shape index (κ2) is 36.8. The zero-order chi connectivity index (χ0) is 23.4. The van der Waals surface area contributed by atoms with E-state index < -0.39 is 0 Å². The smallest absolute Gasteiger partial charge is 0.0919 e. The lowest BCUT2D eigenvalue weighted by molar-refractivity contribution is 0.599. The van der Waals surface area contributed by atoms with Gasteiger partial charge in [-0.1, -0.05) is 63.6 Å². The Labute approximate surface area is 183 Å². The molecular weight excluding hydrogens is 336 g/mol. The summed E-state index contributed by atoms with van der Waals surface area (Å²) in [6.07, 6.45) is 17.4. The largest absolute Gasteiger partial charge is 0.0943 e. The van der Waals surface area contributed by atoms with E-state index in [1.807, 2.05) is 52.0 Å². The second-order valence-electron chi connectivity index (χ2n) is 7.41. The molecule has 28 heavy (non-hydrogen) atoms. The fourth-order valence-corrected chi connectivity index (χ4v) is 1.24. The van der Waals surface area contributed by atoms with Crippen LogP contribution in [0.3, 0.4) is 0 Å². The maximum absolute atomic E-state index is 2.28. The molecule has 0 aromatic carbocycles. The third-order valence-corrected chi connectivity index (χ3v) is 4.14. The van der Waals surface area contributed by atoms with Gasteiger partial charge in [-0.15, -0.1) is 0 Å². The molecule has 0 bridgehead atoms. The number of hydrogen-bond donors (Lipinski definition) is 0. The first-order valence-corrected chi connectivity index (χ1v) is 11.5. The molecule has 0 fully saturated rings. The van der Waals surface area contributed by atoms with Gasteiger partial charge in [-0.2, -0.15) is 0 Å². The van der Waals surface area contributed by atoms with Crippen molar-refractivity contribution in [3.63, 3.8) is 0 Å². The minimum Gasteiger partial charge on any atom is -0.0919 e. The Balaban J connectivity index is -0.0000000824. The molecule has 0 heteroatoms. The Hall–Kier alpha value is -1.04. The molecule has 0 spiro atoms. The lowest BCUT2D eigenvalue weighted by atomic mass is 9.94. The van der Waals surface area contributed by atoms with E-state index in [0.717, 1.165) is 11.8 Å². The highest BCUT2D eigenvalue weighted by molar-refractivity contribution is 4.99. The zero-order valence-corrected chi connectivity index (χ0v) is 22.4. The molecule has 0 atom stereocenters. The van der Waals surface area contributed by atoms with Crippen LogP contribution < -0.4 is 0 Å². The Morgan fingerprint density at radius 2 is 1.21 bits per heavy atom. The fourth-order valence-electron chi connectivity index (χ4n) is 1.24. The molecular formula is C28H58+2. The molecule has 0 radical (unpaired) electrons. The van der Waals surface area contributed by atoms with Crippen LogP contribution >= 0.6 is 0 Å². The first-order chi connectivity index (χ1) is 13.1. The van der Waals surface area contributed by atoms with E-state index in [0.29, 0.717) is 0 Å². The molecule has 0 nitrogen and oxygen atoms in total. The Morgan fingerprint density at radius 1 is 0.857 bits per heavy atom. The molecule has 0 amide bonds.